The summed E-state index contributed by atoms with van der Waals surface area (Å²) in [6.07, 6.45) is 55.0. The summed E-state index contributed by atoms with van der Waals surface area (Å²) in [6, 6.07) is 2.65. The summed E-state index contributed by atoms with van der Waals surface area (Å²) in [5, 5.41) is 0. The van der Waals surface area contributed by atoms with Crippen molar-refractivity contribution in [3.63, 3.8) is 0 Å². The van der Waals surface area contributed by atoms with E-state index in [4.69, 9.17) is 9.47 Å². The summed E-state index contributed by atoms with van der Waals surface area (Å²) in [6.45, 7) is 0. The first kappa shape index (κ1) is 39.7. The Morgan fingerprint density at radius 1 is 0.246 bits per heavy atom. The Morgan fingerprint density at radius 3 is 1.32 bits per heavy atom. The van der Waals surface area contributed by atoms with Crippen molar-refractivity contribution in [3.05, 3.63) is 0 Å². The summed E-state index contributed by atoms with van der Waals surface area (Å²) in [4.78, 5) is 3.36. The number of rotatable bonds is 7. The first-order chi connectivity index (χ1) is 28.3. The average molecular weight is 784 g/mol. The van der Waals surface area contributed by atoms with E-state index in [0.717, 1.165) is 89.1 Å². The lowest BCUT2D eigenvalue weighted by Gasteiger charge is -2.52. The quantitative estimate of drug-likeness (QED) is 0.257. The van der Waals surface area contributed by atoms with Crippen molar-refractivity contribution in [3.8, 4) is 0 Å². The Kier molecular flexibility index (Phi) is 12.5. The molecule has 57 heavy (non-hydrogen) atoms. The van der Waals surface area contributed by atoms with Crippen molar-refractivity contribution < 1.29 is 9.47 Å². The van der Waals surface area contributed by atoms with Crippen LogP contribution in [0.4, 0.5) is 0 Å². The topological polar surface area (TPSA) is 21.7 Å². The zero-order chi connectivity index (χ0) is 37.7. The molecule has 0 bridgehead atoms. The number of nitrogens with zero attached hydrogens (tertiary/aromatic N) is 1. The molecule has 11 unspecified atom stereocenters. The second-order valence-electron chi connectivity index (χ2n) is 23.9. The van der Waals surface area contributed by atoms with E-state index in [1.807, 2.05) is 0 Å². The van der Waals surface area contributed by atoms with Gasteiger partial charge in [0.1, 0.15) is 0 Å². The fourth-order valence-corrected chi connectivity index (χ4v) is 19.0. The van der Waals surface area contributed by atoms with Gasteiger partial charge in [0.2, 0.25) is 0 Å². The van der Waals surface area contributed by atoms with Crippen LogP contribution in [0.5, 0.6) is 0 Å². The Morgan fingerprint density at radius 2 is 0.684 bits per heavy atom. The van der Waals surface area contributed by atoms with Crippen LogP contribution < -0.4 is 0 Å². The van der Waals surface area contributed by atoms with Crippen LogP contribution in [0.3, 0.4) is 0 Å². The van der Waals surface area contributed by atoms with Crippen molar-refractivity contribution in [2.24, 2.45) is 71.0 Å². The minimum absolute atomic E-state index is 0.521. The van der Waals surface area contributed by atoms with E-state index in [1.165, 1.54) is 148 Å². The normalized spacial score (nSPS) is 50.2. The molecule has 0 aromatic carbocycles. The highest BCUT2D eigenvalue weighted by Gasteiger charge is 2.60. The van der Waals surface area contributed by atoms with E-state index < -0.39 is 0 Å². The van der Waals surface area contributed by atoms with Gasteiger partial charge in [-0.15, -0.1) is 0 Å². The van der Waals surface area contributed by atoms with Crippen molar-refractivity contribution in [1.29, 1.82) is 0 Å². The summed E-state index contributed by atoms with van der Waals surface area (Å²) in [5.74, 6) is 11.5. The first-order valence-electron chi connectivity index (χ1n) is 27.3. The molecular formula is C54H89NO2. The maximum Gasteiger partial charge on any atom is 0.0667 e. The molecule has 9 saturated carbocycles. The molecule has 3 nitrogen and oxygen atoms in total. The largest absolute Gasteiger partial charge is 0.374 e. The molecule has 2 saturated heterocycles. The smallest absolute Gasteiger partial charge is 0.0667 e. The van der Waals surface area contributed by atoms with E-state index in [9.17, 15) is 0 Å². The molecule has 322 valence electrons. The predicted octanol–water partition coefficient (Wildman–Crippen LogP) is 14.1. The first-order valence-corrected chi connectivity index (χ1v) is 27.3. The maximum absolute atomic E-state index is 7.54. The Balaban J connectivity index is 0.756. The second-order valence-corrected chi connectivity index (χ2v) is 23.9. The zero-order valence-corrected chi connectivity index (χ0v) is 37.0. The van der Waals surface area contributed by atoms with Crippen molar-refractivity contribution in [1.82, 2.24) is 4.90 Å². The minimum Gasteiger partial charge on any atom is -0.374 e. The molecule has 2 heterocycles. The summed E-state index contributed by atoms with van der Waals surface area (Å²) < 4.78 is 14.4. The van der Waals surface area contributed by atoms with Gasteiger partial charge in [-0.05, 0) is 194 Å². The number of ether oxygens (including phenoxy) is 2. The molecule has 0 radical (unpaired) electrons. The number of fused-ring (bicyclic) bond motifs is 7. The Labute approximate surface area is 351 Å². The summed E-state index contributed by atoms with van der Waals surface area (Å²) in [5.41, 5.74) is 0. The van der Waals surface area contributed by atoms with Gasteiger partial charge in [0.15, 0.2) is 0 Å². The van der Waals surface area contributed by atoms with E-state index in [1.54, 1.807) is 77.0 Å². The Hall–Kier alpha value is -0.120. The molecule has 11 rings (SSSR count). The zero-order valence-electron chi connectivity index (χ0n) is 37.0. The maximum atomic E-state index is 7.54. The van der Waals surface area contributed by atoms with E-state index in [0.29, 0.717) is 24.4 Å². The van der Waals surface area contributed by atoms with Crippen LogP contribution in [0.2, 0.25) is 0 Å². The number of hydrogen-bond donors (Lipinski definition) is 0. The standard InChI is InChI=1S/C54H89NO2/c1-3-12-36(13-4-1)37-22-28-41(29-23-37)55(42-30-24-39(25-31-42)45-17-8-7-16-44(45)38-14-5-2-6-15-38)43-32-26-40(27-33-43)46-19-11-20-47-48-34-35-51-52(54(48)57-53(46)47)49-18-9-10-21-50(49)56-51/h36-54H,1-35H2. The third-order valence-corrected chi connectivity index (χ3v) is 21.5. The fraction of sp³-hybridized carbons (Fsp3) is 1.00. The average Bonchev–Trinajstić information content (AvgIpc) is 3.87. The third-order valence-electron chi connectivity index (χ3n) is 21.5. The van der Waals surface area contributed by atoms with Crippen molar-refractivity contribution in [2.75, 3.05) is 0 Å². The summed E-state index contributed by atoms with van der Waals surface area (Å²) >= 11 is 0. The van der Waals surface area contributed by atoms with Crippen molar-refractivity contribution in [2.45, 2.75) is 267 Å². The lowest BCUT2D eigenvalue weighted by Crippen LogP contribution is -2.53. The molecule has 9 aliphatic carbocycles. The Bertz CT molecular complexity index is 1260. The van der Waals surface area contributed by atoms with Gasteiger partial charge in [0, 0.05) is 24.0 Å². The van der Waals surface area contributed by atoms with Gasteiger partial charge in [-0.1, -0.05) is 96.3 Å². The molecule has 3 heteroatoms. The van der Waals surface area contributed by atoms with E-state index in [-0.39, 0.29) is 0 Å². The van der Waals surface area contributed by atoms with E-state index >= 15 is 0 Å². The van der Waals surface area contributed by atoms with Crippen LogP contribution in [0.25, 0.3) is 0 Å². The number of hydrogen-bond acceptors (Lipinski definition) is 3. The van der Waals surface area contributed by atoms with Crippen LogP contribution in [-0.4, -0.2) is 47.4 Å². The molecule has 2 aliphatic heterocycles. The summed E-state index contributed by atoms with van der Waals surface area (Å²) in [7, 11) is 0. The molecule has 11 atom stereocenters. The molecular weight excluding hydrogens is 695 g/mol. The van der Waals surface area contributed by atoms with Crippen LogP contribution >= 0.6 is 0 Å². The molecule has 11 aliphatic rings. The van der Waals surface area contributed by atoms with Crippen molar-refractivity contribution >= 4 is 0 Å². The van der Waals surface area contributed by atoms with Crippen LogP contribution in [0.1, 0.15) is 225 Å². The molecule has 0 aromatic rings. The van der Waals surface area contributed by atoms with Crippen LogP contribution in [0, 0.1) is 71.0 Å². The van der Waals surface area contributed by atoms with Gasteiger partial charge in [-0.2, -0.15) is 0 Å². The highest BCUT2D eigenvalue weighted by molar-refractivity contribution is 5.08. The third kappa shape index (κ3) is 7.95. The van der Waals surface area contributed by atoms with Gasteiger partial charge < -0.3 is 9.47 Å². The fourth-order valence-electron chi connectivity index (χ4n) is 19.0. The highest BCUT2D eigenvalue weighted by atomic mass is 16.5. The molecule has 0 amide bonds. The van der Waals surface area contributed by atoms with Crippen LogP contribution in [0.15, 0.2) is 0 Å². The predicted molar refractivity (Wildman–Crippen MR) is 234 cm³/mol. The van der Waals surface area contributed by atoms with Gasteiger partial charge in [0.05, 0.1) is 24.4 Å². The molecule has 0 N–H and O–H groups in total. The van der Waals surface area contributed by atoms with Gasteiger partial charge >= 0.3 is 0 Å². The van der Waals surface area contributed by atoms with Gasteiger partial charge in [-0.3, -0.25) is 4.90 Å². The van der Waals surface area contributed by atoms with Gasteiger partial charge in [0.25, 0.3) is 0 Å². The van der Waals surface area contributed by atoms with E-state index in [2.05, 4.69) is 4.90 Å². The lowest BCUT2D eigenvalue weighted by atomic mass is 9.61. The van der Waals surface area contributed by atoms with Crippen LogP contribution in [-0.2, 0) is 9.47 Å². The molecule has 11 fully saturated rings. The monoisotopic (exact) mass is 784 g/mol. The highest BCUT2D eigenvalue weighted by Crippen LogP contribution is 2.59. The second kappa shape index (κ2) is 17.9. The van der Waals surface area contributed by atoms with Gasteiger partial charge in [-0.25, -0.2) is 0 Å². The minimum atomic E-state index is 0.521. The molecule has 0 aromatic heterocycles. The molecule has 0 spiro atoms. The lowest BCUT2D eigenvalue weighted by molar-refractivity contribution is -0.0880. The SMILES string of the molecule is C1CCC(C2CCC(N(C3CCC(C4CCCCC4C4CCCCC4)CC3)C3CCC(C4CCCC5C6CCC7OC8CCCCC8C7C6OC45)CC3)CC2)CC1.